The fraction of sp³-hybridized carbons (Fsp3) is 0.321. The van der Waals surface area contributed by atoms with E-state index < -0.39 is 11.5 Å². The van der Waals surface area contributed by atoms with Crippen LogP contribution < -0.4 is 10.5 Å². The van der Waals surface area contributed by atoms with E-state index in [4.69, 9.17) is 10.5 Å². The highest BCUT2D eigenvalue weighted by Crippen LogP contribution is 2.45. The van der Waals surface area contributed by atoms with Crippen molar-refractivity contribution in [2.75, 3.05) is 6.61 Å². The lowest BCUT2D eigenvalue weighted by molar-refractivity contribution is -0.123. The molecule has 4 nitrogen and oxygen atoms in total. The van der Waals surface area contributed by atoms with Gasteiger partial charge in [-0.05, 0) is 47.6 Å². The number of hydrogen-bond donors (Lipinski definition) is 2. The number of amides is 1. The molecule has 3 aromatic carbocycles. The predicted molar refractivity (Wildman–Crippen MR) is 125 cm³/mol. The number of aliphatic hydroxyl groups is 1. The van der Waals surface area contributed by atoms with Crippen LogP contribution in [0.25, 0.3) is 11.1 Å². The molecule has 0 spiro atoms. The van der Waals surface area contributed by atoms with Gasteiger partial charge in [-0.2, -0.15) is 0 Å². The molecule has 1 heterocycles. The molecule has 0 radical (unpaired) electrons. The topological polar surface area (TPSA) is 72.6 Å². The van der Waals surface area contributed by atoms with Gasteiger partial charge in [0.15, 0.2) is 0 Å². The summed E-state index contributed by atoms with van der Waals surface area (Å²) >= 11 is 0. The highest BCUT2D eigenvalue weighted by atomic mass is 16.5. The van der Waals surface area contributed by atoms with Crippen molar-refractivity contribution in [1.82, 2.24) is 0 Å². The summed E-state index contributed by atoms with van der Waals surface area (Å²) in [7, 11) is 0. The molecule has 2 unspecified atom stereocenters. The van der Waals surface area contributed by atoms with Gasteiger partial charge in [0.1, 0.15) is 5.75 Å². The van der Waals surface area contributed by atoms with E-state index in [0.29, 0.717) is 12.4 Å². The molecular formula is C28H29NO3. The molecular weight excluding hydrogens is 398 g/mol. The van der Waals surface area contributed by atoms with Crippen LogP contribution in [0.5, 0.6) is 5.75 Å². The van der Waals surface area contributed by atoms with E-state index >= 15 is 0 Å². The number of rotatable bonds is 5. The molecule has 1 fully saturated rings. The van der Waals surface area contributed by atoms with E-state index in [-0.39, 0.29) is 11.8 Å². The van der Waals surface area contributed by atoms with Gasteiger partial charge in [0, 0.05) is 11.5 Å². The van der Waals surface area contributed by atoms with E-state index in [1.54, 1.807) is 0 Å². The Hall–Kier alpha value is -3.11. The van der Waals surface area contributed by atoms with Gasteiger partial charge in [-0.3, -0.25) is 4.79 Å². The van der Waals surface area contributed by atoms with Gasteiger partial charge in [0.05, 0.1) is 18.1 Å². The summed E-state index contributed by atoms with van der Waals surface area (Å²) < 4.78 is 6.08. The first-order valence-electron chi connectivity index (χ1n) is 11.5. The Morgan fingerprint density at radius 1 is 0.969 bits per heavy atom. The first-order valence-corrected chi connectivity index (χ1v) is 11.5. The summed E-state index contributed by atoms with van der Waals surface area (Å²) in [5, 5.41) is 11.1. The van der Waals surface area contributed by atoms with Crippen molar-refractivity contribution in [3.8, 4) is 16.9 Å². The molecule has 1 saturated carbocycles. The third-order valence-corrected chi connectivity index (χ3v) is 7.27. The summed E-state index contributed by atoms with van der Waals surface area (Å²) in [5.74, 6) is 0.397. The number of fused-ring (bicyclic) bond motifs is 1. The van der Waals surface area contributed by atoms with Crippen molar-refractivity contribution in [3.63, 3.8) is 0 Å². The summed E-state index contributed by atoms with van der Waals surface area (Å²) in [6.45, 7) is 0.446. The molecule has 4 heteroatoms. The molecule has 32 heavy (non-hydrogen) atoms. The van der Waals surface area contributed by atoms with Gasteiger partial charge < -0.3 is 15.6 Å². The summed E-state index contributed by atoms with van der Waals surface area (Å²) in [6, 6.07) is 24.6. The van der Waals surface area contributed by atoms with Crippen LogP contribution in [0, 0.1) is 5.92 Å². The molecule has 1 amide bonds. The summed E-state index contributed by atoms with van der Waals surface area (Å²) in [5.41, 5.74) is 10.5. The second kappa shape index (κ2) is 8.44. The Kier molecular flexibility index (Phi) is 5.48. The number of benzene rings is 3. The minimum absolute atomic E-state index is 0.0208. The molecule has 0 aromatic heterocycles. The molecule has 1 aliphatic carbocycles. The Balaban J connectivity index is 1.33. The van der Waals surface area contributed by atoms with Crippen LogP contribution in [0.2, 0.25) is 0 Å². The number of hydrogen-bond acceptors (Lipinski definition) is 3. The quantitative estimate of drug-likeness (QED) is 0.606. The van der Waals surface area contributed by atoms with Crippen LogP contribution in [0.15, 0.2) is 72.8 Å². The molecule has 1 aliphatic heterocycles. The first-order chi connectivity index (χ1) is 15.6. The fourth-order valence-electron chi connectivity index (χ4n) is 5.34. The first kappa shape index (κ1) is 20.8. The van der Waals surface area contributed by atoms with Gasteiger partial charge >= 0.3 is 0 Å². The second-order valence-electron chi connectivity index (χ2n) is 9.19. The summed E-state index contributed by atoms with van der Waals surface area (Å²) in [4.78, 5) is 12.3. The maximum absolute atomic E-state index is 12.3. The number of nitrogens with two attached hydrogens (primary N) is 1. The van der Waals surface area contributed by atoms with Crippen molar-refractivity contribution in [3.05, 3.63) is 89.5 Å². The molecule has 0 saturated heterocycles. The maximum atomic E-state index is 12.3. The van der Waals surface area contributed by atoms with E-state index in [1.165, 1.54) is 16.7 Å². The predicted octanol–water partition coefficient (Wildman–Crippen LogP) is 4.94. The summed E-state index contributed by atoms with van der Waals surface area (Å²) in [6.07, 6.45) is 3.72. The Morgan fingerprint density at radius 3 is 2.34 bits per heavy atom. The van der Waals surface area contributed by atoms with Crippen LogP contribution in [-0.4, -0.2) is 17.6 Å². The van der Waals surface area contributed by atoms with Gasteiger partial charge in [-0.25, -0.2) is 0 Å². The molecule has 0 bridgehead atoms. The van der Waals surface area contributed by atoms with Crippen LogP contribution in [0.1, 0.15) is 48.5 Å². The average Bonchev–Trinajstić information content (AvgIpc) is 3.33. The average molecular weight is 428 g/mol. The zero-order chi connectivity index (χ0) is 22.1. The zero-order valence-corrected chi connectivity index (χ0v) is 18.2. The molecule has 3 N–H and O–H groups in total. The number of carbonyl (C=O) groups is 1. The lowest BCUT2D eigenvalue weighted by atomic mass is 9.77. The van der Waals surface area contributed by atoms with Crippen molar-refractivity contribution < 1.29 is 14.6 Å². The van der Waals surface area contributed by atoms with Gasteiger partial charge in [-0.1, -0.05) is 79.6 Å². The molecule has 5 rings (SSSR count). The van der Waals surface area contributed by atoms with Crippen LogP contribution in [0.3, 0.4) is 0 Å². The van der Waals surface area contributed by atoms with Crippen LogP contribution in [-0.2, 0) is 16.6 Å². The van der Waals surface area contributed by atoms with Gasteiger partial charge in [0.2, 0.25) is 5.91 Å². The molecule has 2 aliphatic rings. The third kappa shape index (κ3) is 3.69. The van der Waals surface area contributed by atoms with Crippen molar-refractivity contribution in [2.24, 2.45) is 11.7 Å². The normalized spacial score (nSPS) is 21.5. The maximum Gasteiger partial charge on any atom is 0.228 e. The van der Waals surface area contributed by atoms with Crippen LogP contribution in [0.4, 0.5) is 0 Å². The van der Waals surface area contributed by atoms with Crippen molar-refractivity contribution in [2.45, 2.75) is 43.6 Å². The minimum Gasteiger partial charge on any atom is -0.493 e. The Labute approximate surface area is 189 Å². The van der Waals surface area contributed by atoms with Crippen molar-refractivity contribution in [1.29, 1.82) is 0 Å². The van der Waals surface area contributed by atoms with E-state index in [9.17, 15) is 9.90 Å². The Morgan fingerprint density at radius 2 is 1.66 bits per heavy atom. The molecule has 3 aromatic rings. The van der Waals surface area contributed by atoms with E-state index in [1.807, 2.05) is 36.4 Å². The minimum atomic E-state index is -0.602. The lowest BCUT2D eigenvalue weighted by Crippen LogP contribution is -2.39. The monoisotopic (exact) mass is 427 g/mol. The standard InChI is InChI=1S/C28H29NO3/c29-27(31)28(14-4-5-15-28)23-12-13-24-25(17-23)32-18-22(26(24)30)16-19-8-10-21(11-9-19)20-6-2-1-3-7-20/h1-3,6-13,17,22,26,30H,4-5,14-16,18H2,(H2,29,31). The highest BCUT2D eigenvalue weighted by molar-refractivity contribution is 5.87. The SMILES string of the molecule is NC(=O)C1(c2ccc3c(c2)OCC(Cc2ccc(-c4ccccc4)cc2)C3O)CCCC1. The molecule has 164 valence electrons. The fourth-order valence-corrected chi connectivity index (χ4v) is 5.34. The van der Waals surface area contributed by atoms with Gasteiger partial charge in [-0.15, -0.1) is 0 Å². The smallest absolute Gasteiger partial charge is 0.228 e. The van der Waals surface area contributed by atoms with Crippen LogP contribution >= 0.6 is 0 Å². The lowest BCUT2D eigenvalue weighted by Gasteiger charge is -2.33. The van der Waals surface area contributed by atoms with E-state index in [0.717, 1.165) is 43.2 Å². The number of aliphatic hydroxyl groups excluding tert-OH is 1. The second-order valence-corrected chi connectivity index (χ2v) is 9.19. The van der Waals surface area contributed by atoms with Crippen molar-refractivity contribution >= 4 is 5.91 Å². The third-order valence-electron chi connectivity index (χ3n) is 7.27. The highest BCUT2D eigenvalue weighted by Gasteiger charge is 2.42. The number of carbonyl (C=O) groups excluding carboxylic acids is 1. The number of ether oxygens (including phenoxy) is 1. The van der Waals surface area contributed by atoms with E-state index in [2.05, 4.69) is 36.4 Å². The van der Waals surface area contributed by atoms with Gasteiger partial charge in [0.25, 0.3) is 0 Å². The number of primary amides is 1. The Bertz CT molecular complexity index is 1100. The zero-order valence-electron chi connectivity index (χ0n) is 18.2. The molecule has 2 atom stereocenters. The largest absolute Gasteiger partial charge is 0.493 e.